The zero-order valence-electron chi connectivity index (χ0n) is 15.7. The number of nitrogens with zero attached hydrogens (tertiary/aromatic N) is 4. The molecule has 1 atom stereocenters. The van der Waals surface area contributed by atoms with Gasteiger partial charge in [-0.15, -0.1) is 0 Å². The monoisotopic (exact) mass is 412 g/mol. The Morgan fingerprint density at radius 3 is 2.63 bits per heavy atom. The van der Waals surface area contributed by atoms with E-state index in [0.717, 1.165) is 28.5 Å². The fourth-order valence-corrected chi connectivity index (χ4v) is 3.54. The van der Waals surface area contributed by atoms with Crippen LogP contribution < -0.4 is 14.5 Å². The summed E-state index contributed by atoms with van der Waals surface area (Å²) in [4.78, 5) is 19.8. The van der Waals surface area contributed by atoms with Crippen molar-refractivity contribution in [2.24, 2.45) is 0 Å². The maximum absolute atomic E-state index is 13.3. The summed E-state index contributed by atoms with van der Waals surface area (Å²) in [5.74, 6) is 0.103. The SMILES string of the molecule is COc1ccc(C(F)(F)F)cc1N1C[C@@H](C#N)N(c2cncc3ccccc23)C1=O. The molecule has 0 bridgehead atoms. The summed E-state index contributed by atoms with van der Waals surface area (Å²) in [5.41, 5.74) is -0.545. The number of urea groups is 1. The Kier molecular flexibility index (Phi) is 4.70. The molecule has 2 aromatic carbocycles. The quantitative estimate of drug-likeness (QED) is 0.631. The average molecular weight is 412 g/mol. The van der Waals surface area contributed by atoms with E-state index in [9.17, 15) is 23.2 Å². The van der Waals surface area contributed by atoms with Crippen molar-refractivity contribution < 1.29 is 22.7 Å². The first-order chi connectivity index (χ1) is 14.3. The Bertz CT molecular complexity index is 1170. The number of amides is 2. The molecule has 2 amide bonds. The molecule has 1 aromatic heterocycles. The molecule has 2 heterocycles. The number of fused-ring (bicyclic) bond motifs is 1. The maximum Gasteiger partial charge on any atom is 0.416 e. The first kappa shape index (κ1) is 19.5. The van der Waals surface area contributed by atoms with Gasteiger partial charge in [0.2, 0.25) is 0 Å². The molecular formula is C21H15F3N4O2. The summed E-state index contributed by atoms with van der Waals surface area (Å²) in [5, 5.41) is 11.1. The number of carbonyl (C=O) groups is 1. The van der Waals surface area contributed by atoms with Gasteiger partial charge in [0.1, 0.15) is 11.8 Å². The predicted octanol–water partition coefficient (Wildman–Crippen LogP) is 4.60. The lowest BCUT2D eigenvalue weighted by atomic mass is 10.1. The highest BCUT2D eigenvalue weighted by Crippen LogP contribution is 2.40. The van der Waals surface area contributed by atoms with Crippen LogP contribution in [0.15, 0.2) is 54.9 Å². The molecule has 6 nitrogen and oxygen atoms in total. The van der Waals surface area contributed by atoms with Crippen molar-refractivity contribution in [2.45, 2.75) is 12.2 Å². The van der Waals surface area contributed by atoms with Crippen LogP contribution in [-0.2, 0) is 6.18 Å². The minimum Gasteiger partial charge on any atom is -0.495 e. The minimum atomic E-state index is -4.59. The summed E-state index contributed by atoms with van der Waals surface area (Å²) < 4.78 is 44.9. The van der Waals surface area contributed by atoms with Gasteiger partial charge in [-0.2, -0.15) is 18.4 Å². The van der Waals surface area contributed by atoms with Crippen molar-refractivity contribution in [1.29, 1.82) is 5.26 Å². The largest absolute Gasteiger partial charge is 0.495 e. The molecule has 0 N–H and O–H groups in total. The highest BCUT2D eigenvalue weighted by atomic mass is 19.4. The second-order valence-electron chi connectivity index (χ2n) is 6.67. The molecule has 4 rings (SSSR count). The van der Waals surface area contributed by atoms with Crippen LogP contribution in [0.25, 0.3) is 10.8 Å². The van der Waals surface area contributed by atoms with Crippen molar-refractivity contribution >= 4 is 28.2 Å². The highest BCUT2D eigenvalue weighted by molar-refractivity contribution is 6.12. The summed E-state index contributed by atoms with van der Waals surface area (Å²) in [6.45, 7) is -0.115. The Hall–Kier alpha value is -3.80. The van der Waals surface area contributed by atoms with E-state index in [0.29, 0.717) is 11.1 Å². The lowest BCUT2D eigenvalue weighted by Gasteiger charge is -2.22. The number of ether oxygens (including phenoxy) is 1. The summed E-state index contributed by atoms with van der Waals surface area (Å²) in [7, 11) is 1.31. The number of rotatable bonds is 3. The van der Waals surface area contributed by atoms with Crippen molar-refractivity contribution in [3.63, 3.8) is 0 Å². The van der Waals surface area contributed by atoms with E-state index in [1.54, 1.807) is 18.3 Å². The summed E-state index contributed by atoms with van der Waals surface area (Å²) in [6.07, 6.45) is -1.48. The van der Waals surface area contributed by atoms with E-state index in [-0.39, 0.29) is 18.0 Å². The molecule has 0 spiro atoms. The van der Waals surface area contributed by atoms with Gasteiger partial charge in [0, 0.05) is 17.0 Å². The molecule has 30 heavy (non-hydrogen) atoms. The number of anilines is 2. The molecule has 0 radical (unpaired) electrons. The number of carbonyl (C=O) groups excluding carboxylic acids is 1. The van der Waals surface area contributed by atoms with Gasteiger partial charge in [0.05, 0.1) is 42.9 Å². The molecule has 152 valence electrons. The average Bonchev–Trinajstić information content (AvgIpc) is 3.08. The molecule has 1 saturated heterocycles. The van der Waals surface area contributed by atoms with Gasteiger partial charge in [-0.05, 0) is 18.2 Å². The number of halogens is 3. The van der Waals surface area contributed by atoms with Crippen LogP contribution in [-0.4, -0.2) is 30.7 Å². The lowest BCUT2D eigenvalue weighted by Crippen LogP contribution is -2.34. The molecule has 0 unspecified atom stereocenters. The zero-order valence-corrected chi connectivity index (χ0v) is 15.7. The van der Waals surface area contributed by atoms with Gasteiger partial charge in [0.15, 0.2) is 0 Å². The molecule has 0 saturated carbocycles. The Morgan fingerprint density at radius 2 is 1.93 bits per heavy atom. The maximum atomic E-state index is 13.3. The second kappa shape index (κ2) is 7.22. The third-order valence-electron chi connectivity index (χ3n) is 4.96. The molecule has 1 fully saturated rings. The zero-order chi connectivity index (χ0) is 21.5. The van der Waals surface area contributed by atoms with Crippen molar-refractivity contribution in [3.8, 4) is 11.8 Å². The predicted molar refractivity (Wildman–Crippen MR) is 104 cm³/mol. The van der Waals surface area contributed by atoms with Gasteiger partial charge >= 0.3 is 12.2 Å². The standard InChI is InChI=1S/C21H15F3N4O2/c1-30-19-7-6-14(21(22,23)24)8-17(19)27-12-15(9-25)28(20(27)29)18-11-26-10-13-4-2-3-5-16(13)18/h2-8,10-11,15H,12H2,1H3/t15-/m1/s1. The van der Waals surface area contributed by atoms with E-state index in [4.69, 9.17) is 4.74 Å². The van der Waals surface area contributed by atoms with Crippen molar-refractivity contribution in [2.75, 3.05) is 23.5 Å². The van der Waals surface area contributed by atoms with Crippen LogP contribution in [0.4, 0.5) is 29.3 Å². The fraction of sp³-hybridized carbons (Fsp3) is 0.190. The fourth-order valence-electron chi connectivity index (χ4n) is 3.54. The highest BCUT2D eigenvalue weighted by Gasteiger charge is 2.42. The number of methoxy groups -OCH3 is 1. The number of alkyl halides is 3. The third kappa shape index (κ3) is 3.16. The van der Waals surface area contributed by atoms with E-state index < -0.39 is 23.8 Å². The van der Waals surface area contributed by atoms with Crippen LogP contribution in [0.5, 0.6) is 5.75 Å². The first-order valence-corrected chi connectivity index (χ1v) is 8.93. The molecule has 3 aromatic rings. The lowest BCUT2D eigenvalue weighted by molar-refractivity contribution is -0.137. The molecule has 9 heteroatoms. The Balaban J connectivity index is 1.82. The van der Waals surface area contributed by atoms with Crippen molar-refractivity contribution in [3.05, 3.63) is 60.4 Å². The van der Waals surface area contributed by atoms with Gasteiger partial charge in [-0.3, -0.25) is 14.8 Å². The van der Waals surface area contributed by atoms with E-state index in [1.807, 2.05) is 12.1 Å². The van der Waals surface area contributed by atoms with Crippen LogP contribution in [0, 0.1) is 11.3 Å². The van der Waals surface area contributed by atoms with E-state index in [1.165, 1.54) is 18.2 Å². The molecule has 1 aliphatic heterocycles. The van der Waals surface area contributed by atoms with Crippen molar-refractivity contribution in [1.82, 2.24) is 4.98 Å². The van der Waals surface area contributed by atoms with Gasteiger partial charge < -0.3 is 4.74 Å². The van der Waals surface area contributed by atoms with Gasteiger partial charge in [0.25, 0.3) is 0 Å². The van der Waals surface area contributed by atoms with Gasteiger partial charge in [-0.1, -0.05) is 24.3 Å². The number of hydrogen-bond acceptors (Lipinski definition) is 4. The van der Waals surface area contributed by atoms with Crippen LogP contribution in [0.1, 0.15) is 5.56 Å². The Morgan fingerprint density at radius 1 is 1.17 bits per heavy atom. The van der Waals surface area contributed by atoms with Crippen LogP contribution in [0.3, 0.4) is 0 Å². The number of pyridine rings is 1. The molecule has 1 aliphatic rings. The minimum absolute atomic E-state index is 0.0479. The summed E-state index contributed by atoms with van der Waals surface area (Å²) in [6, 6.07) is 10.7. The third-order valence-corrected chi connectivity index (χ3v) is 4.96. The van der Waals surface area contributed by atoms with E-state index >= 15 is 0 Å². The number of nitriles is 1. The number of hydrogen-bond donors (Lipinski definition) is 0. The van der Waals surface area contributed by atoms with Crippen LogP contribution >= 0.6 is 0 Å². The second-order valence-corrected chi connectivity index (χ2v) is 6.67. The topological polar surface area (TPSA) is 69.5 Å². The number of aromatic nitrogens is 1. The first-order valence-electron chi connectivity index (χ1n) is 8.93. The van der Waals surface area contributed by atoms with E-state index in [2.05, 4.69) is 11.1 Å². The van der Waals surface area contributed by atoms with Crippen LogP contribution in [0.2, 0.25) is 0 Å². The molecule has 0 aliphatic carbocycles. The normalized spacial score (nSPS) is 16.8. The Labute approximate surface area is 169 Å². The smallest absolute Gasteiger partial charge is 0.416 e. The summed E-state index contributed by atoms with van der Waals surface area (Å²) >= 11 is 0. The van der Waals surface area contributed by atoms with Gasteiger partial charge in [-0.25, -0.2) is 4.79 Å². The number of benzene rings is 2. The molecular weight excluding hydrogens is 397 g/mol.